The molecule has 2 rings (SSSR count). The van der Waals surface area contributed by atoms with E-state index >= 15 is 0 Å². The number of carbonyl (C=O) groups excluding carboxylic acids is 3. The minimum Gasteiger partial charge on any atom is -0.455 e. The van der Waals surface area contributed by atoms with Crippen LogP contribution in [-0.4, -0.2) is 40.1 Å². The van der Waals surface area contributed by atoms with E-state index in [2.05, 4.69) is 36.7 Å². The van der Waals surface area contributed by atoms with E-state index in [4.69, 9.17) is 4.74 Å². The largest absolute Gasteiger partial charge is 0.455 e. The smallest absolute Gasteiger partial charge is 0.316 e. The number of carbonyl (C=O) groups is 3. The van der Waals surface area contributed by atoms with E-state index < -0.39 is 24.4 Å². The van der Waals surface area contributed by atoms with Crippen molar-refractivity contribution in [3.63, 3.8) is 0 Å². The monoisotopic (exact) mass is 452 g/mol. The maximum atomic E-state index is 11.8. The van der Waals surface area contributed by atoms with Crippen molar-refractivity contribution < 1.29 is 19.1 Å². The molecule has 8 nitrogen and oxygen atoms in total. The Kier molecular flexibility index (Phi) is 7.74. The topological polar surface area (TPSA) is 110 Å². The Morgan fingerprint density at radius 1 is 1.07 bits per heavy atom. The maximum Gasteiger partial charge on any atom is 0.316 e. The number of esters is 1. The van der Waals surface area contributed by atoms with Crippen LogP contribution < -0.4 is 10.9 Å². The van der Waals surface area contributed by atoms with Gasteiger partial charge in [-0.2, -0.15) is 0 Å². The third-order valence-electron chi connectivity index (χ3n) is 3.07. The molecule has 0 bridgehead atoms. The quantitative estimate of drug-likeness (QED) is 0.298. The lowest BCUT2D eigenvalue weighted by Gasteiger charge is -2.08. The number of aryl methyl sites for hydroxylation is 2. The third-order valence-corrected chi connectivity index (χ3v) is 4.42. The number of benzene rings is 1. The van der Waals surface area contributed by atoms with Crippen LogP contribution in [0.3, 0.4) is 0 Å². The van der Waals surface area contributed by atoms with Crippen LogP contribution in [0.25, 0.3) is 0 Å². The summed E-state index contributed by atoms with van der Waals surface area (Å²) in [6.07, 6.45) is 0. The molecule has 0 aliphatic heterocycles. The SMILES string of the molecule is Cc1cc(C)nc(SCC(=O)OCC(=O)NNC(=O)c2ccc(Br)cc2)n1. The minimum atomic E-state index is -0.651. The fourth-order valence-corrected chi connectivity index (χ4v) is 2.92. The number of nitrogens with zero attached hydrogens (tertiary/aromatic N) is 2. The molecule has 2 amide bonds. The van der Waals surface area contributed by atoms with E-state index in [0.717, 1.165) is 27.6 Å². The molecule has 142 valence electrons. The number of halogens is 1. The van der Waals surface area contributed by atoms with Gasteiger partial charge in [0.2, 0.25) is 0 Å². The average molecular weight is 453 g/mol. The first-order chi connectivity index (χ1) is 12.8. The normalized spacial score (nSPS) is 10.2. The van der Waals surface area contributed by atoms with Crippen LogP contribution in [0.15, 0.2) is 40.0 Å². The Hall–Kier alpha value is -2.46. The lowest BCUT2D eigenvalue weighted by Crippen LogP contribution is -2.43. The number of ether oxygens (including phenoxy) is 1. The number of hydrogen-bond acceptors (Lipinski definition) is 7. The highest BCUT2D eigenvalue weighted by Gasteiger charge is 2.11. The highest BCUT2D eigenvalue weighted by atomic mass is 79.9. The summed E-state index contributed by atoms with van der Waals surface area (Å²) in [7, 11) is 0. The number of hydrogen-bond donors (Lipinski definition) is 2. The number of aromatic nitrogens is 2. The van der Waals surface area contributed by atoms with Crippen molar-refractivity contribution >= 4 is 45.5 Å². The summed E-state index contributed by atoms with van der Waals surface area (Å²) in [6, 6.07) is 8.43. The summed E-state index contributed by atoms with van der Waals surface area (Å²) in [5, 5.41) is 0.468. The Morgan fingerprint density at radius 3 is 2.33 bits per heavy atom. The van der Waals surface area contributed by atoms with Gasteiger partial charge in [0.1, 0.15) is 0 Å². The van der Waals surface area contributed by atoms with Gasteiger partial charge in [0.05, 0.1) is 5.75 Å². The zero-order valence-electron chi connectivity index (χ0n) is 14.6. The summed E-state index contributed by atoms with van der Waals surface area (Å²) in [5.74, 6) is -1.75. The molecule has 0 radical (unpaired) electrons. The minimum absolute atomic E-state index is 0.0264. The molecule has 10 heteroatoms. The van der Waals surface area contributed by atoms with E-state index in [1.807, 2.05) is 19.9 Å². The van der Waals surface area contributed by atoms with Gasteiger partial charge in [0.25, 0.3) is 11.8 Å². The van der Waals surface area contributed by atoms with Gasteiger partial charge in [0, 0.05) is 21.4 Å². The lowest BCUT2D eigenvalue weighted by atomic mass is 10.2. The Morgan fingerprint density at radius 2 is 1.70 bits per heavy atom. The molecule has 0 unspecified atom stereocenters. The summed E-state index contributed by atoms with van der Waals surface area (Å²) in [5.41, 5.74) is 6.41. The van der Waals surface area contributed by atoms with Gasteiger partial charge in [-0.15, -0.1) is 0 Å². The van der Waals surface area contributed by atoms with E-state index in [1.165, 1.54) is 0 Å². The molecule has 0 aliphatic carbocycles. The third kappa shape index (κ3) is 7.35. The lowest BCUT2D eigenvalue weighted by molar-refractivity contribution is -0.146. The highest BCUT2D eigenvalue weighted by Crippen LogP contribution is 2.14. The van der Waals surface area contributed by atoms with E-state index in [1.54, 1.807) is 24.3 Å². The second kappa shape index (κ2) is 10.0. The molecule has 0 spiro atoms. The van der Waals surface area contributed by atoms with Crippen LogP contribution in [0.4, 0.5) is 0 Å². The van der Waals surface area contributed by atoms with Gasteiger partial charge in [-0.25, -0.2) is 9.97 Å². The molecule has 0 atom stereocenters. The van der Waals surface area contributed by atoms with Crippen molar-refractivity contribution in [1.82, 2.24) is 20.8 Å². The van der Waals surface area contributed by atoms with Crippen LogP contribution in [0, 0.1) is 13.8 Å². The van der Waals surface area contributed by atoms with E-state index in [-0.39, 0.29) is 5.75 Å². The fourth-order valence-electron chi connectivity index (χ4n) is 1.91. The van der Waals surface area contributed by atoms with E-state index in [0.29, 0.717) is 10.7 Å². The predicted molar refractivity (Wildman–Crippen MR) is 103 cm³/mol. The van der Waals surface area contributed by atoms with E-state index in [9.17, 15) is 14.4 Å². The summed E-state index contributed by atoms with van der Waals surface area (Å²) < 4.78 is 5.69. The number of hydrazine groups is 1. The van der Waals surface area contributed by atoms with Crippen LogP contribution >= 0.6 is 27.7 Å². The number of rotatable bonds is 6. The van der Waals surface area contributed by atoms with Crippen molar-refractivity contribution in [1.29, 1.82) is 0 Å². The number of nitrogens with one attached hydrogen (secondary N) is 2. The van der Waals surface area contributed by atoms with Crippen molar-refractivity contribution in [2.24, 2.45) is 0 Å². The molecule has 0 saturated heterocycles. The second-order valence-electron chi connectivity index (χ2n) is 5.39. The second-order valence-corrected chi connectivity index (χ2v) is 7.25. The standard InChI is InChI=1S/C17H17BrN4O4S/c1-10-7-11(2)20-17(19-10)27-9-15(24)26-8-14(23)21-22-16(25)12-3-5-13(18)6-4-12/h3-7H,8-9H2,1-2H3,(H,21,23)(H,22,25). The Balaban J connectivity index is 1.69. The maximum absolute atomic E-state index is 11.8. The van der Waals surface area contributed by atoms with Crippen molar-refractivity contribution in [2.75, 3.05) is 12.4 Å². The first kappa shape index (κ1) is 20.8. The van der Waals surface area contributed by atoms with Crippen molar-refractivity contribution in [3.05, 3.63) is 51.8 Å². The molecule has 1 aromatic carbocycles. The molecule has 0 fully saturated rings. The fraction of sp³-hybridized carbons (Fsp3) is 0.235. The van der Waals surface area contributed by atoms with Crippen molar-refractivity contribution in [3.8, 4) is 0 Å². The molecular weight excluding hydrogens is 436 g/mol. The zero-order valence-corrected chi connectivity index (χ0v) is 17.0. The molecule has 2 N–H and O–H groups in total. The van der Waals surface area contributed by atoms with Crippen LogP contribution in [-0.2, 0) is 14.3 Å². The summed E-state index contributed by atoms with van der Waals surface area (Å²) in [6.45, 7) is 3.17. The first-order valence-electron chi connectivity index (χ1n) is 7.79. The molecular formula is C17H17BrN4O4S. The zero-order chi connectivity index (χ0) is 19.8. The molecule has 27 heavy (non-hydrogen) atoms. The molecule has 1 aromatic heterocycles. The number of thioether (sulfide) groups is 1. The molecule has 1 heterocycles. The molecule has 2 aromatic rings. The van der Waals surface area contributed by atoms with Crippen LogP contribution in [0.2, 0.25) is 0 Å². The Bertz CT molecular complexity index is 825. The number of amides is 2. The van der Waals surface area contributed by atoms with Gasteiger partial charge in [-0.05, 0) is 44.2 Å². The van der Waals surface area contributed by atoms with Gasteiger partial charge in [-0.1, -0.05) is 27.7 Å². The summed E-state index contributed by atoms with van der Waals surface area (Å²) >= 11 is 4.39. The molecule has 0 aliphatic rings. The van der Waals surface area contributed by atoms with Gasteiger partial charge in [-0.3, -0.25) is 25.2 Å². The Labute approximate surface area is 168 Å². The van der Waals surface area contributed by atoms with Gasteiger partial charge >= 0.3 is 5.97 Å². The predicted octanol–water partition coefficient (Wildman–Crippen LogP) is 1.95. The highest BCUT2D eigenvalue weighted by molar-refractivity contribution is 9.10. The average Bonchev–Trinajstić information content (AvgIpc) is 2.62. The molecule has 0 saturated carbocycles. The van der Waals surface area contributed by atoms with Crippen LogP contribution in [0.5, 0.6) is 0 Å². The van der Waals surface area contributed by atoms with Gasteiger partial charge in [0.15, 0.2) is 11.8 Å². The van der Waals surface area contributed by atoms with Gasteiger partial charge < -0.3 is 4.74 Å². The summed E-state index contributed by atoms with van der Waals surface area (Å²) in [4.78, 5) is 43.6. The van der Waals surface area contributed by atoms with Crippen molar-refractivity contribution in [2.45, 2.75) is 19.0 Å². The first-order valence-corrected chi connectivity index (χ1v) is 9.57. The van der Waals surface area contributed by atoms with Crippen LogP contribution in [0.1, 0.15) is 21.7 Å².